The minimum atomic E-state index is -1.37. The van der Waals surface area contributed by atoms with E-state index in [2.05, 4.69) is 0 Å². The number of ketones is 3. The van der Waals surface area contributed by atoms with E-state index in [1.165, 1.54) is 0 Å². The Morgan fingerprint density at radius 1 is 0.408 bits per heavy atom. The molecule has 0 bridgehead atoms. The van der Waals surface area contributed by atoms with Crippen LogP contribution in [0.3, 0.4) is 0 Å². The van der Waals surface area contributed by atoms with Crippen molar-refractivity contribution in [3.05, 3.63) is 0 Å². The summed E-state index contributed by atoms with van der Waals surface area (Å²) in [6.07, 6.45) is 7.11. The molecule has 0 amide bonds. The van der Waals surface area contributed by atoms with Crippen LogP contribution in [0.4, 0.5) is 0 Å². The molecule has 49 heavy (non-hydrogen) atoms. The average molecular weight is 715 g/mol. The van der Waals surface area contributed by atoms with E-state index in [1.807, 2.05) is 20.8 Å². The molecule has 0 aromatic heterocycles. The van der Waals surface area contributed by atoms with Gasteiger partial charge in [-0.15, -0.1) is 0 Å². The normalized spacial score (nSPS) is 11.2. The molecule has 13 heteroatoms. The number of Topliss-reactive ketones (excluding diaryl/α,β-unsaturated/α-hetero) is 3. The van der Waals surface area contributed by atoms with Crippen molar-refractivity contribution in [1.29, 1.82) is 0 Å². The molecule has 0 aliphatic heterocycles. The molecule has 0 aromatic carbocycles. The number of hydrogen-bond donors (Lipinski definition) is 0. The molecule has 0 aliphatic rings. The summed E-state index contributed by atoms with van der Waals surface area (Å²) < 4.78 is 15.5. The molecule has 0 spiro atoms. The van der Waals surface area contributed by atoms with Gasteiger partial charge in [0.15, 0.2) is 17.3 Å². The first-order valence-electron chi connectivity index (χ1n) is 17.6. The quantitative estimate of drug-likeness (QED) is 0.0685. The van der Waals surface area contributed by atoms with Crippen LogP contribution < -0.4 is 15.3 Å². The summed E-state index contributed by atoms with van der Waals surface area (Å²) in [5.41, 5.74) is -4.11. The second kappa shape index (κ2) is 30.6. The number of carboxylic acid groups (broad SMARTS) is 3. The first-order chi connectivity index (χ1) is 22.6. The van der Waals surface area contributed by atoms with Crippen molar-refractivity contribution < 1.29 is 58.3 Å². The summed E-state index contributed by atoms with van der Waals surface area (Å²) in [4.78, 5) is 68.4. The van der Waals surface area contributed by atoms with E-state index in [9.17, 15) is 44.1 Å². The van der Waals surface area contributed by atoms with Crippen molar-refractivity contribution in [2.24, 2.45) is 16.2 Å². The summed E-state index contributed by atoms with van der Waals surface area (Å²) in [7, 11) is 0. The molecule has 0 atom stereocenters. The number of aliphatic carboxylic acids is 3. The van der Waals surface area contributed by atoms with Gasteiger partial charge < -0.3 is 43.9 Å². The van der Waals surface area contributed by atoms with Gasteiger partial charge in [0.05, 0.1) is 34.2 Å². The standard InChI is InChI=1S/3C12H22O4.Al/c3*1-4-7-8-16-9-10(13)12(5-2,6-3)11(14)15;/h3*4-9H2,1-3H3,(H,14,15);/q;;;+3/p-3. The van der Waals surface area contributed by atoms with Gasteiger partial charge in [-0.05, 0) is 57.8 Å². The Kier molecular flexibility index (Phi) is 33.5. The number of carbonyl (C=O) groups excluding carboxylic acids is 6. The molecule has 12 nitrogen and oxygen atoms in total. The first kappa shape index (κ1) is 53.6. The molecule has 0 radical (unpaired) electrons. The van der Waals surface area contributed by atoms with Crippen LogP contribution in [0.2, 0.25) is 0 Å². The van der Waals surface area contributed by atoms with Gasteiger partial charge in [0.1, 0.15) is 19.8 Å². The maximum absolute atomic E-state index is 11.8. The molecule has 0 rings (SSSR count). The number of rotatable bonds is 27. The molecule has 0 heterocycles. The van der Waals surface area contributed by atoms with E-state index in [0.29, 0.717) is 19.8 Å². The van der Waals surface area contributed by atoms with E-state index in [4.69, 9.17) is 14.2 Å². The van der Waals surface area contributed by atoms with Gasteiger partial charge >= 0.3 is 17.4 Å². The second-order valence-corrected chi connectivity index (χ2v) is 11.7. The Labute approximate surface area is 305 Å². The van der Waals surface area contributed by atoms with Gasteiger partial charge in [-0.3, -0.25) is 14.4 Å². The van der Waals surface area contributed by atoms with Crippen LogP contribution in [0.1, 0.15) is 139 Å². The Bertz CT molecular complexity index is 819. The molecule has 0 fully saturated rings. The molecule has 282 valence electrons. The fourth-order valence-electron chi connectivity index (χ4n) is 4.79. The number of carbonyl (C=O) groups is 6. The number of unbranched alkanes of at least 4 members (excludes halogenated alkanes) is 3. The van der Waals surface area contributed by atoms with Crippen molar-refractivity contribution in [3.63, 3.8) is 0 Å². The molecular formula is C36H63AlO12. The molecule has 0 unspecified atom stereocenters. The van der Waals surface area contributed by atoms with Gasteiger partial charge in [-0.1, -0.05) is 81.6 Å². The zero-order valence-electron chi connectivity index (χ0n) is 31.7. The van der Waals surface area contributed by atoms with Gasteiger partial charge in [0.2, 0.25) is 0 Å². The fourth-order valence-corrected chi connectivity index (χ4v) is 4.79. The van der Waals surface area contributed by atoms with Crippen molar-refractivity contribution in [2.45, 2.75) is 139 Å². The molecule has 0 aliphatic carbocycles. The van der Waals surface area contributed by atoms with Crippen molar-refractivity contribution >= 4 is 52.6 Å². The van der Waals surface area contributed by atoms with E-state index < -0.39 is 34.2 Å². The number of carboxylic acids is 3. The number of ether oxygens (including phenoxy) is 3. The third-order valence-corrected chi connectivity index (χ3v) is 9.02. The van der Waals surface area contributed by atoms with Gasteiger partial charge in [-0.25, -0.2) is 0 Å². The Balaban J connectivity index is -0.000000307. The zero-order valence-corrected chi connectivity index (χ0v) is 32.9. The van der Waals surface area contributed by atoms with Crippen LogP contribution in [0, 0.1) is 16.2 Å². The van der Waals surface area contributed by atoms with Gasteiger partial charge in [0.25, 0.3) is 0 Å². The van der Waals surface area contributed by atoms with E-state index in [1.54, 1.807) is 41.5 Å². The predicted octanol–water partition coefficient (Wildman–Crippen LogP) is 2.40. The summed E-state index contributed by atoms with van der Waals surface area (Å²) >= 11 is 0. The van der Waals surface area contributed by atoms with Crippen molar-refractivity contribution in [2.75, 3.05) is 39.6 Å². The van der Waals surface area contributed by atoms with Crippen LogP contribution >= 0.6 is 0 Å². The largest absolute Gasteiger partial charge is 3.00 e. The minimum Gasteiger partial charge on any atom is -0.549 e. The summed E-state index contributed by atoms with van der Waals surface area (Å²) in [6.45, 7) is 17.3. The average Bonchev–Trinajstić information content (AvgIpc) is 3.06. The van der Waals surface area contributed by atoms with Gasteiger partial charge in [0, 0.05) is 19.8 Å². The third-order valence-electron chi connectivity index (χ3n) is 9.02. The SMILES string of the molecule is CCCCOCC(=O)C(CC)(CC)C(=O)[O-].CCCCOCC(=O)C(CC)(CC)C(=O)[O-].CCCCOCC(=O)C(CC)(CC)C(=O)[O-].[Al+3]. The maximum atomic E-state index is 11.8. The summed E-state index contributed by atoms with van der Waals surface area (Å²) in [6, 6.07) is 0. The van der Waals surface area contributed by atoms with Crippen LogP contribution in [-0.4, -0.2) is 92.3 Å². The third kappa shape index (κ3) is 18.1. The topological polar surface area (TPSA) is 199 Å². The Morgan fingerprint density at radius 2 is 0.592 bits per heavy atom. The Morgan fingerprint density at radius 3 is 0.714 bits per heavy atom. The summed E-state index contributed by atoms with van der Waals surface area (Å²) in [5.74, 6) is -5.01. The first-order valence-corrected chi connectivity index (χ1v) is 17.6. The monoisotopic (exact) mass is 714 g/mol. The molecule has 0 saturated carbocycles. The van der Waals surface area contributed by atoms with E-state index in [-0.39, 0.29) is 93.1 Å². The Hall–Kier alpha value is -2.17. The molecule has 0 aromatic rings. The van der Waals surface area contributed by atoms with Crippen LogP contribution in [0.15, 0.2) is 0 Å². The fraction of sp³-hybridized carbons (Fsp3) is 0.833. The van der Waals surface area contributed by atoms with Crippen LogP contribution in [0.25, 0.3) is 0 Å². The molecular weight excluding hydrogens is 651 g/mol. The smallest absolute Gasteiger partial charge is 0.549 e. The van der Waals surface area contributed by atoms with Crippen LogP contribution in [0.5, 0.6) is 0 Å². The summed E-state index contributed by atoms with van der Waals surface area (Å²) in [5, 5.41) is 33.1. The maximum Gasteiger partial charge on any atom is 3.00 e. The van der Waals surface area contributed by atoms with Crippen LogP contribution in [-0.2, 0) is 43.0 Å². The predicted molar refractivity (Wildman–Crippen MR) is 182 cm³/mol. The van der Waals surface area contributed by atoms with Crippen molar-refractivity contribution in [3.8, 4) is 0 Å². The zero-order chi connectivity index (χ0) is 37.8. The van der Waals surface area contributed by atoms with E-state index >= 15 is 0 Å². The van der Waals surface area contributed by atoms with Crippen molar-refractivity contribution in [1.82, 2.24) is 0 Å². The van der Waals surface area contributed by atoms with Gasteiger partial charge in [-0.2, -0.15) is 0 Å². The minimum absolute atomic E-state index is 0. The molecule has 0 saturated heterocycles. The second-order valence-electron chi connectivity index (χ2n) is 11.7. The number of hydrogen-bond acceptors (Lipinski definition) is 12. The molecule has 0 N–H and O–H groups in total. The van der Waals surface area contributed by atoms with E-state index in [0.717, 1.165) is 38.5 Å².